The fourth-order valence-electron chi connectivity index (χ4n) is 3.61. The average molecular weight is 307 g/mol. The molecule has 1 aliphatic carbocycles. The van der Waals surface area contributed by atoms with E-state index in [-0.39, 0.29) is 5.91 Å². The van der Waals surface area contributed by atoms with Gasteiger partial charge in [-0.2, -0.15) is 0 Å². The minimum Gasteiger partial charge on any atom is -0.337 e. The van der Waals surface area contributed by atoms with Gasteiger partial charge < -0.3 is 4.90 Å². The van der Waals surface area contributed by atoms with Crippen LogP contribution in [0.1, 0.15) is 54.4 Å². The number of aromatic nitrogens is 1. The Morgan fingerprint density at radius 2 is 2.05 bits per heavy atom. The second-order valence-electron chi connectivity index (χ2n) is 6.10. The fourth-order valence-corrected chi connectivity index (χ4v) is 4.46. The lowest BCUT2D eigenvalue weighted by Crippen LogP contribution is -2.38. The van der Waals surface area contributed by atoms with Crippen molar-refractivity contribution in [2.24, 2.45) is 0 Å². The Balaban J connectivity index is 1.63. The zero-order valence-corrected chi connectivity index (χ0v) is 13.7. The summed E-state index contributed by atoms with van der Waals surface area (Å²) in [5, 5.41) is 0. The normalized spacial score (nSPS) is 21.7. The molecule has 1 aliphatic heterocycles. The van der Waals surface area contributed by atoms with Gasteiger partial charge in [0.05, 0.1) is 11.2 Å². The van der Waals surface area contributed by atoms with E-state index in [1.54, 1.807) is 5.51 Å². The van der Waals surface area contributed by atoms with E-state index in [9.17, 15) is 4.79 Å². The molecular formula is C16H25N3OS. The number of thiazole rings is 1. The molecule has 2 heterocycles. The number of nitrogens with zero attached hydrogens (tertiary/aromatic N) is 3. The maximum Gasteiger partial charge on any atom is 0.265 e. The van der Waals surface area contributed by atoms with Gasteiger partial charge in [0.15, 0.2) is 0 Å². The van der Waals surface area contributed by atoms with Crippen LogP contribution < -0.4 is 0 Å². The number of carbonyl (C=O) groups excluding carboxylic acids is 1. The summed E-state index contributed by atoms with van der Waals surface area (Å²) >= 11 is 1.49. The summed E-state index contributed by atoms with van der Waals surface area (Å²) in [4.78, 5) is 22.5. The van der Waals surface area contributed by atoms with E-state index in [1.165, 1.54) is 37.0 Å². The van der Waals surface area contributed by atoms with Gasteiger partial charge >= 0.3 is 0 Å². The first-order valence-corrected chi connectivity index (χ1v) is 9.13. The molecule has 0 N–H and O–H groups in total. The van der Waals surface area contributed by atoms with Gasteiger partial charge in [0.25, 0.3) is 5.91 Å². The first-order chi connectivity index (χ1) is 10.3. The Bertz CT molecular complexity index is 482. The molecular weight excluding hydrogens is 282 g/mol. The lowest BCUT2D eigenvalue weighted by molar-refractivity contribution is 0.0761. The third-order valence-electron chi connectivity index (χ3n) is 4.83. The molecule has 1 aromatic rings. The van der Waals surface area contributed by atoms with Crippen molar-refractivity contribution in [1.82, 2.24) is 14.8 Å². The van der Waals surface area contributed by atoms with E-state index in [0.29, 0.717) is 0 Å². The number of hydrogen-bond donors (Lipinski definition) is 0. The van der Waals surface area contributed by atoms with E-state index < -0.39 is 0 Å². The van der Waals surface area contributed by atoms with Crippen LogP contribution in [0.15, 0.2) is 5.51 Å². The molecule has 116 valence electrons. The lowest BCUT2D eigenvalue weighted by Gasteiger charge is -2.27. The van der Waals surface area contributed by atoms with Gasteiger partial charge in [-0.1, -0.05) is 19.8 Å². The van der Waals surface area contributed by atoms with Crippen molar-refractivity contribution in [3.63, 3.8) is 0 Å². The second-order valence-corrected chi connectivity index (χ2v) is 6.96. The van der Waals surface area contributed by atoms with E-state index in [0.717, 1.165) is 55.6 Å². The number of aryl methyl sites for hydroxylation is 1. The van der Waals surface area contributed by atoms with Crippen LogP contribution in [0, 0.1) is 0 Å². The molecule has 3 rings (SSSR count). The minimum absolute atomic E-state index is 0.197. The van der Waals surface area contributed by atoms with E-state index in [4.69, 9.17) is 0 Å². The smallest absolute Gasteiger partial charge is 0.265 e. The molecule has 1 saturated heterocycles. The molecule has 0 bridgehead atoms. The van der Waals surface area contributed by atoms with Crippen LogP contribution in [0.3, 0.4) is 0 Å². The first kappa shape index (κ1) is 15.0. The molecule has 1 aromatic heterocycles. The Morgan fingerprint density at radius 3 is 2.81 bits per heavy atom. The summed E-state index contributed by atoms with van der Waals surface area (Å²) in [6.07, 6.45) is 7.40. The molecule has 2 fully saturated rings. The van der Waals surface area contributed by atoms with Crippen LogP contribution >= 0.6 is 11.3 Å². The Labute approximate surface area is 131 Å². The SMILES string of the molecule is CCc1ncsc1C(=O)N1CCCN(C2CCCC2)CC1. The predicted molar refractivity (Wildman–Crippen MR) is 85.8 cm³/mol. The Morgan fingerprint density at radius 1 is 1.24 bits per heavy atom. The van der Waals surface area contributed by atoms with Crippen LogP contribution in [0.2, 0.25) is 0 Å². The van der Waals surface area contributed by atoms with Gasteiger partial charge in [0.2, 0.25) is 0 Å². The van der Waals surface area contributed by atoms with Crippen LogP contribution in [0.25, 0.3) is 0 Å². The quantitative estimate of drug-likeness (QED) is 0.861. The average Bonchev–Trinajstić information content (AvgIpc) is 3.14. The predicted octanol–water partition coefficient (Wildman–Crippen LogP) is 2.80. The van der Waals surface area contributed by atoms with E-state index in [2.05, 4.69) is 16.8 Å². The van der Waals surface area contributed by atoms with Gasteiger partial charge in [-0.3, -0.25) is 9.69 Å². The summed E-state index contributed by atoms with van der Waals surface area (Å²) in [5.74, 6) is 0.197. The monoisotopic (exact) mass is 307 g/mol. The van der Waals surface area contributed by atoms with Gasteiger partial charge in [0, 0.05) is 32.2 Å². The molecule has 0 unspecified atom stereocenters. The highest BCUT2D eigenvalue weighted by Gasteiger charge is 2.27. The van der Waals surface area contributed by atoms with Crippen molar-refractivity contribution in [1.29, 1.82) is 0 Å². The summed E-state index contributed by atoms with van der Waals surface area (Å²) in [6.45, 7) is 6.02. The van der Waals surface area contributed by atoms with Crippen LogP contribution in [0.4, 0.5) is 0 Å². The van der Waals surface area contributed by atoms with Crippen molar-refractivity contribution in [3.8, 4) is 0 Å². The molecule has 0 spiro atoms. The Hall–Kier alpha value is -0.940. The van der Waals surface area contributed by atoms with Gasteiger partial charge in [-0.05, 0) is 25.7 Å². The molecule has 0 aromatic carbocycles. The molecule has 2 aliphatic rings. The molecule has 0 atom stereocenters. The molecule has 4 nitrogen and oxygen atoms in total. The zero-order valence-electron chi connectivity index (χ0n) is 12.9. The largest absolute Gasteiger partial charge is 0.337 e. The van der Waals surface area contributed by atoms with Gasteiger partial charge in [-0.25, -0.2) is 4.98 Å². The summed E-state index contributed by atoms with van der Waals surface area (Å²) in [5.41, 5.74) is 2.76. The van der Waals surface area contributed by atoms with Gasteiger partial charge in [-0.15, -0.1) is 11.3 Å². The first-order valence-electron chi connectivity index (χ1n) is 8.25. The minimum atomic E-state index is 0.197. The third-order valence-corrected chi connectivity index (χ3v) is 5.69. The van der Waals surface area contributed by atoms with Crippen molar-refractivity contribution >= 4 is 17.2 Å². The number of carbonyl (C=O) groups is 1. The van der Waals surface area contributed by atoms with Crippen molar-refractivity contribution in [3.05, 3.63) is 16.1 Å². The van der Waals surface area contributed by atoms with Gasteiger partial charge in [0.1, 0.15) is 4.88 Å². The third kappa shape index (κ3) is 3.29. The molecule has 1 amide bonds. The topological polar surface area (TPSA) is 36.4 Å². The molecule has 1 saturated carbocycles. The summed E-state index contributed by atoms with van der Waals surface area (Å²) < 4.78 is 0. The lowest BCUT2D eigenvalue weighted by atomic mass is 10.2. The number of amides is 1. The standard InChI is InChI=1S/C16H25N3OS/c1-2-14-15(21-12-17-14)16(20)19-9-5-8-18(10-11-19)13-6-3-4-7-13/h12-13H,2-11H2,1H3. The highest BCUT2D eigenvalue weighted by molar-refractivity contribution is 7.11. The zero-order chi connectivity index (χ0) is 14.7. The summed E-state index contributed by atoms with van der Waals surface area (Å²) in [6, 6.07) is 0.773. The van der Waals surface area contributed by atoms with Crippen LogP contribution in [-0.4, -0.2) is 52.9 Å². The van der Waals surface area contributed by atoms with E-state index >= 15 is 0 Å². The van der Waals surface area contributed by atoms with E-state index in [1.807, 2.05) is 4.90 Å². The van der Waals surface area contributed by atoms with Crippen LogP contribution in [0.5, 0.6) is 0 Å². The fraction of sp³-hybridized carbons (Fsp3) is 0.750. The maximum absolute atomic E-state index is 12.7. The number of rotatable bonds is 3. The maximum atomic E-state index is 12.7. The van der Waals surface area contributed by atoms with Crippen molar-refractivity contribution in [2.45, 2.75) is 51.5 Å². The summed E-state index contributed by atoms with van der Waals surface area (Å²) in [7, 11) is 0. The highest BCUT2D eigenvalue weighted by atomic mass is 32.1. The molecule has 21 heavy (non-hydrogen) atoms. The van der Waals surface area contributed by atoms with Crippen LogP contribution in [-0.2, 0) is 6.42 Å². The van der Waals surface area contributed by atoms with Crippen molar-refractivity contribution in [2.75, 3.05) is 26.2 Å². The van der Waals surface area contributed by atoms with Crippen molar-refractivity contribution < 1.29 is 4.79 Å². The molecule has 5 heteroatoms. The second kappa shape index (κ2) is 6.88. The number of hydrogen-bond acceptors (Lipinski definition) is 4. The highest BCUT2D eigenvalue weighted by Crippen LogP contribution is 2.25. The molecule has 0 radical (unpaired) electrons. The Kier molecular flexibility index (Phi) is 4.91.